The predicted molar refractivity (Wildman–Crippen MR) is 98.3 cm³/mol. The van der Waals surface area contributed by atoms with Crippen LogP contribution in [0.5, 0.6) is 0 Å². The highest BCUT2D eigenvalue weighted by Crippen LogP contribution is 2.12. The van der Waals surface area contributed by atoms with E-state index >= 15 is 0 Å². The Balaban J connectivity index is 1.79. The number of halogens is 1. The number of nitrogens with one attached hydrogen (secondary N) is 1. The Hall–Kier alpha value is -2.66. The van der Waals surface area contributed by atoms with E-state index in [0.717, 1.165) is 11.1 Å². The maximum absolute atomic E-state index is 12.5. The number of hydrogen-bond acceptors (Lipinski definition) is 3. The molecule has 0 spiro atoms. The van der Waals surface area contributed by atoms with E-state index in [2.05, 4.69) is 10.3 Å². The summed E-state index contributed by atoms with van der Waals surface area (Å²) >= 11 is 5.98. The van der Waals surface area contributed by atoms with E-state index in [0.29, 0.717) is 17.1 Å². The van der Waals surface area contributed by atoms with E-state index in [4.69, 9.17) is 11.6 Å². The van der Waals surface area contributed by atoms with E-state index in [9.17, 15) is 9.59 Å². The van der Waals surface area contributed by atoms with Crippen LogP contribution in [0, 0.1) is 6.92 Å². The van der Waals surface area contributed by atoms with Crippen LogP contribution < -0.4 is 10.9 Å². The van der Waals surface area contributed by atoms with Crippen LogP contribution in [0.25, 0.3) is 5.65 Å². The summed E-state index contributed by atoms with van der Waals surface area (Å²) in [5.41, 5.74) is 2.19. The molecule has 0 saturated carbocycles. The summed E-state index contributed by atoms with van der Waals surface area (Å²) in [6.07, 6.45) is 3.58. The molecule has 0 radical (unpaired) electrons. The Bertz CT molecular complexity index is 997. The van der Waals surface area contributed by atoms with Gasteiger partial charge < -0.3 is 5.32 Å². The zero-order chi connectivity index (χ0) is 18.0. The molecule has 0 bridgehead atoms. The largest absolute Gasteiger partial charge is 0.349 e. The minimum Gasteiger partial charge on any atom is -0.349 e. The van der Waals surface area contributed by atoms with Crippen LogP contribution in [0.2, 0.25) is 5.02 Å². The SMILES string of the molecule is Cc1ccn2c(=O)c(C(=O)N[C@H](C)Cc3cccc(Cl)c3)cnc2c1. The minimum atomic E-state index is -0.429. The molecule has 0 fully saturated rings. The second kappa shape index (κ2) is 7.07. The van der Waals surface area contributed by atoms with E-state index in [1.807, 2.05) is 32.0 Å². The van der Waals surface area contributed by atoms with E-state index < -0.39 is 5.91 Å². The van der Waals surface area contributed by atoms with Crippen molar-refractivity contribution in [1.29, 1.82) is 0 Å². The molecule has 0 saturated heterocycles. The fraction of sp³-hybridized carbons (Fsp3) is 0.211. The van der Waals surface area contributed by atoms with Gasteiger partial charge in [0.25, 0.3) is 11.5 Å². The molecule has 3 rings (SSSR count). The van der Waals surface area contributed by atoms with Gasteiger partial charge in [-0.3, -0.25) is 14.0 Å². The molecule has 128 valence electrons. The van der Waals surface area contributed by atoms with Crippen LogP contribution in [0.3, 0.4) is 0 Å². The van der Waals surface area contributed by atoms with Gasteiger partial charge >= 0.3 is 0 Å². The fourth-order valence-corrected chi connectivity index (χ4v) is 2.92. The zero-order valence-corrected chi connectivity index (χ0v) is 14.7. The minimum absolute atomic E-state index is 0.0271. The molecule has 3 aromatic rings. The lowest BCUT2D eigenvalue weighted by Gasteiger charge is -2.14. The number of pyridine rings is 1. The molecule has 6 heteroatoms. The van der Waals surface area contributed by atoms with Crippen molar-refractivity contribution in [3.8, 4) is 0 Å². The highest BCUT2D eigenvalue weighted by atomic mass is 35.5. The lowest BCUT2D eigenvalue weighted by atomic mass is 10.1. The number of rotatable bonds is 4. The van der Waals surface area contributed by atoms with Gasteiger partial charge in [-0.2, -0.15) is 0 Å². The standard InChI is InChI=1S/C19H18ClN3O2/c1-12-6-7-23-17(8-12)21-11-16(19(23)25)18(24)22-13(2)9-14-4-3-5-15(20)10-14/h3-8,10-11,13H,9H2,1-2H3,(H,22,24)/t13-/m1/s1. The molecule has 5 nitrogen and oxygen atoms in total. The third-order valence-electron chi connectivity index (χ3n) is 3.92. The summed E-state index contributed by atoms with van der Waals surface area (Å²) in [6.45, 7) is 3.80. The first-order chi connectivity index (χ1) is 11.9. The first-order valence-corrected chi connectivity index (χ1v) is 8.35. The predicted octanol–water partition coefficient (Wildman–Crippen LogP) is 3.02. The average molecular weight is 356 g/mol. The summed E-state index contributed by atoms with van der Waals surface area (Å²) in [5, 5.41) is 3.50. The lowest BCUT2D eigenvalue weighted by Crippen LogP contribution is -2.38. The molecule has 0 aliphatic rings. The maximum Gasteiger partial charge on any atom is 0.270 e. The summed E-state index contributed by atoms with van der Waals surface area (Å²) < 4.78 is 1.38. The highest BCUT2D eigenvalue weighted by Gasteiger charge is 2.16. The first-order valence-electron chi connectivity index (χ1n) is 7.97. The van der Waals surface area contributed by atoms with E-state index in [-0.39, 0.29) is 17.2 Å². The molecule has 0 aliphatic carbocycles. The van der Waals surface area contributed by atoms with Crippen molar-refractivity contribution in [3.05, 3.63) is 80.9 Å². The summed E-state index contributed by atoms with van der Waals surface area (Å²) in [5.74, 6) is -0.429. The maximum atomic E-state index is 12.5. The smallest absolute Gasteiger partial charge is 0.270 e. The molecule has 1 N–H and O–H groups in total. The molecule has 1 atom stereocenters. The van der Waals surface area contributed by atoms with Crippen molar-refractivity contribution in [2.24, 2.45) is 0 Å². The van der Waals surface area contributed by atoms with Gasteiger partial charge in [-0.05, 0) is 55.7 Å². The number of fused-ring (bicyclic) bond motifs is 1. The van der Waals surface area contributed by atoms with Crippen molar-refractivity contribution >= 4 is 23.2 Å². The molecular formula is C19H18ClN3O2. The normalized spacial score (nSPS) is 12.1. The highest BCUT2D eigenvalue weighted by molar-refractivity contribution is 6.30. The molecule has 2 aromatic heterocycles. The Morgan fingerprint density at radius 3 is 2.88 bits per heavy atom. The van der Waals surface area contributed by atoms with Crippen LogP contribution in [0.1, 0.15) is 28.4 Å². The van der Waals surface area contributed by atoms with Crippen molar-refractivity contribution in [1.82, 2.24) is 14.7 Å². The summed E-state index contributed by atoms with van der Waals surface area (Å²) in [4.78, 5) is 29.2. The average Bonchev–Trinajstić information content (AvgIpc) is 2.54. The van der Waals surface area contributed by atoms with Crippen molar-refractivity contribution in [3.63, 3.8) is 0 Å². The third-order valence-corrected chi connectivity index (χ3v) is 4.15. The Morgan fingerprint density at radius 1 is 1.32 bits per heavy atom. The third kappa shape index (κ3) is 3.88. The van der Waals surface area contributed by atoms with Gasteiger partial charge in [0.1, 0.15) is 11.2 Å². The van der Waals surface area contributed by atoms with Crippen LogP contribution in [-0.2, 0) is 6.42 Å². The number of aryl methyl sites for hydroxylation is 1. The van der Waals surface area contributed by atoms with Gasteiger partial charge in [0.15, 0.2) is 0 Å². The lowest BCUT2D eigenvalue weighted by molar-refractivity contribution is 0.0938. The van der Waals surface area contributed by atoms with Gasteiger partial charge in [0.2, 0.25) is 0 Å². The molecule has 1 aromatic carbocycles. The number of amides is 1. The van der Waals surface area contributed by atoms with Gasteiger partial charge in [-0.1, -0.05) is 23.7 Å². The fourth-order valence-electron chi connectivity index (χ4n) is 2.70. The van der Waals surface area contributed by atoms with Crippen molar-refractivity contribution < 1.29 is 4.79 Å². The first kappa shape index (κ1) is 17.2. The molecule has 2 heterocycles. The van der Waals surface area contributed by atoms with Gasteiger partial charge in [0, 0.05) is 23.5 Å². The molecule has 0 aliphatic heterocycles. The molecule has 1 amide bonds. The van der Waals surface area contributed by atoms with Crippen LogP contribution >= 0.6 is 11.6 Å². The van der Waals surface area contributed by atoms with Crippen LogP contribution in [-0.4, -0.2) is 21.3 Å². The quantitative estimate of drug-likeness (QED) is 0.782. The second-order valence-corrected chi connectivity index (χ2v) is 6.55. The molecule has 0 unspecified atom stereocenters. The van der Waals surface area contributed by atoms with Crippen LogP contribution in [0.15, 0.2) is 53.6 Å². The number of nitrogens with zero attached hydrogens (tertiary/aromatic N) is 2. The summed E-state index contributed by atoms with van der Waals surface area (Å²) in [6, 6.07) is 10.9. The van der Waals surface area contributed by atoms with Crippen molar-refractivity contribution in [2.75, 3.05) is 0 Å². The van der Waals surface area contributed by atoms with Crippen molar-refractivity contribution in [2.45, 2.75) is 26.3 Å². The number of aromatic nitrogens is 2. The monoisotopic (exact) mass is 355 g/mol. The van der Waals surface area contributed by atoms with Gasteiger partial charge in [-0.15, -0.1) is 0 Å². The second-order valence-electron chi connectivity index (χ2n) is 6.12. The van der Waals surface area contributed by atoms with E-state index in [1.54, 1.807) is 24.4 Å². The van der Waals surface area contributed by atoms with Crippen LogP contribution in [0.4, 0.5) is 0 Å². The number of hydrogen-bond donors (Lipinski definition) is 1. The number of carbonyl (C=O) groups is 1. The van der Waals surface area contributed by atoms with Gasteiger partial charge in [0.05, 0.1) is 0 Å². The zero-order valence-electron chi connectivity index (χ0n) is 14.0. The Morgan fingerprint density at radius 2 is 2.12 bits per heavy atom. The topological polar surface area (TPSA) is 63.5 Å². The molecule has 25 heavy (non-hydrogen) atoms. The number of benzene rings is 1. The Labute approximate surface area is 150 Å². The number of carbonyl (C=O) groups excluding carboxylic acids is 1. The summed E-state index contributed by atoms with van der Waals surface area (Å²) in [7, 11) is 0. The van der Waals surface area contributed by atoms with Gasteiger partial charge in [-0.25, -0.2) is 4.98 Å². The molecular weight excluding hydrogens is 338 g/mol. The van der Waals surface area contributed by atoms with E-state index in [1.165, 1.54) is 10.6 Å². The Kier molecular flexibility index (Phi) is 4.86.